The van der Waals surface area contributed by atoms with Crippen LogP contribution >= 0.6 is 0 Å². The molecule has 6 nitrogen and oxygen atoms in total. The Hall–Kier alpha value is -9.13. The van der Waals surface area contributed by atoms with Crippen LogP contribution in [0.5, 0.6) is 23.0 Å². The van der Waals surface area contributed by atoms with Crippen LogP contribution in [0.15, 0.2) is 218 Å². The molecular weight excluding hydrogens is 857 g/mol. The number of nitrogens with zero attached hydrogens (tertiary/aromatic N) is 4. The average molecular weight is 897 g/mol. The lowest BCUT2D eigenvalue weighted by molar-refractivity contribution is 0.359. The van der Waals surface area contributed by atoms with Crippen molar-refractivity contribution in [1.29, 1.82) is 0 Å². The fraction of sp³-hybridized carbons (Fsp3) is 0.0469. The molecule has 3 aliphatic carbocycles. The standard InChI is InChI=1S/C64H40N4O2/c1-3-15-39(16-4-1)61-65-62(40-17-5-2-6-18-40)67-63(66-61)41-27-31-44(32-28-41)68-55-24-12-9-21-48(55)50-35-42(30-34-56(50)68)43-29-33-47-49-37-59-60(70-58-26-14-13-25-57(58)69-59)38-54(49)64(53(47)36-43)51-22-10-7-19-45(51)46-20-8-11-23-52(46)64/h1-5,7-17,19-38H,6,18H2. The van der Waals surface area contributed by atoms with E-state index in [9.17, 15) is 0 Å². The van der Waals surface area contributed by atoms with Crippen molar-refractivity contribution >= 4 is 27.4 Å². The molecule has 1 aliphatic heterocycles. The lowest BCUT2D eigenvalue weighted by Gasteiger charge is -2.31. The van der Waals surface area contributed by atoms with Crippen LogP contribution < -0.4 is 9.47 Å². The van der Waals surface area contributed by atoms with Gasteiger partial charge in [0.05, 0.1) is 16.4 Å². The SMILES string of the molecule is C1=CCCC(c2nc(-c3ccccc3)nc(-c3ccc(-n4c5ccccc5c5cc(-c6ccc7c(c6)C6(c8ccccc8-c8ccccc86)c6cc8c(cc6-7)Oc6ccccc6O8)ccc54)cc3)n2)=C1. The Morgan fingerprint density at radius 1 is 0.400 bits per heavy atom. The topological polar surface area (TPSA) is 62.1 Å². The van der Waals surface area contributed by atoms with Crippen molar-refractivity contribution in [1.82, 2.24) is 19.5 Å². The van der Waals surface area contributed by atoms with Gasteiger partial charge in [-0.25, -0.2) is 15.0 Å². The van der Waals surface area contributed by atoms with E-state index in [0.717, 1.165) is 91.8 Å². The second-order valence-electron chi connectivity index (χ2n) is 18.6. The van der Waals surface area contributed by atoms with E-state index in [1.165, 1.54) is 49.7 Å². The van der Waals surface area contributed by atoms with Crippen LogP contribution in [0, 0.1) is 0 Å². The second kappa shape index (κ2) is 14.9. The van der Waals surface area contributed by atoms with Crippen molar-refractivity contribution in [2.45, 2.75) is 18.3 Å². The molecule has 15 rings (SSSR count). The number of hydrogen-bond acceptors (Lipinski definition) is 5. The summed E-state index contributed by atoms with van der Waals surface area (Å²) in [6.07, 6.45) is 8.28. The van der Waals surface area contributed by atoms with Crippen molar-refractivity contribution in [3.05, 3.63) is 246 Å². The van der Waals surface area contributed by atoms with Crippen LogP contribution in [-0.2, 0) is 5.41 Å². The molecule has 0 N–H and O–H groups in total. The smallest absolute Gasteiger partial charge is 0.170 e. The zero-order valence-electron chi connectivity index (χ0n) is 37.8. The molecule has 0 atom stereocenters. The van der Waals surface area contributed by atoms with Gasteiger partial charge < -0.3 is 14.0 Å². The molecule has 70 heavy (non-hydrogen) atoms. The largest absolute Gasteiger partial charge is 0.450 e. The number of rotatable bonds is 5. The van der Waals surface area contributed by atoms with Crippen molar-refractivity contribution in [3.63, 3.8) is 0 Å². The minimum absolute atomic E-state index is 0.564. The Bertz CT molecular complexity index is 4030. The summed E-state index contributed by atoms with van der Waals surface area (Å²) in [5.74, 6) is 4.96. The molecule has 6 heteroatoms. The fourth-order valence-electron chi connectivity index (χ4n) is 11.7. The molecule has 0 fully saturated rings. The first-order chi connectivity index (χ1) is 34.7. The average Bonchev–Trinajstić information content (AvgIpc) is 4.03. The number of hydrogen-bond donors (Lipinski definition) is 0. The van der Waals surface area contributed by atoms with E-state index in [0.29, 0.717) is 11.6 Å². The van der Waals surface area contributed by atoms with Gasteiger partial charge in [-0.3, -0.25) is 0 Å². The summed E-state index contributed by atoms with van der Waals surface area (Å²) in [4.78, 5) is 15.0. The second-order valence-corrected chi connectivity index (χ2v) is 18.6. The summed E-state index contributed by atoms with van der Waals surface area (Å²) in [6, 6.07) is 71.7. The highest BCUT2D eigenvalue weighted by atomic mass is 16.6. The first-order valence-electron chi connectivity index (χ1n) is 24.0. The molecule has 0 bridgehead atoms. The first kappa shape index (κ1) is 38.9. The minimum atomic E-state index is -0.564. The number of para-hydroxylation sites is 3. The molecular formula is C64H40N4O2. The predicted octanol–water partition coefficient (Wildman–Crippen LogP) is 15.9. The van der Waals surface area contributed by atoms with Gasteiger partial charge in [0.1, 0.15) is 0 Å². The Kier molecular flexibility index (Phi) is 8.30. The van der Waals surface area contributed by atoms with Crippen LogP contribution in [0.4, 0.5) is 0 Å². The number of ether oxygens (including phenoxy) is 2. The third-order valence-corrected chi connectivity index (χ3v) is 14.8. The maximum Gasteiger partial charge on any atom is 0.170 e. The fourth-order valence-corrected chi connectivity index (χ4v) is 11.7. The summed E-state index contributed by atoms with van der Waals surface area (Å²) in [7, 11) is 0. The molecule has 0 radical (unpaired) electrons. The third-order valence-electron chi connectivity index (χ3n) is 14.8. The molecule has 0 saturated carbocycles. The lowest BCUT2D eigenvalue weighted by Crippen LogP contribution is -2.26. The first-order valence-corrected chi connectivity index (χ1v) is 24.0. The number of benzene rings is 9. The number of allylic oxidation sites excluding steroid dienone is 4. The zero-order valence-corrected chi connectivity index (χ0v) is 37.8. The Labute approximate surface area is 404 Å². The monoisotopic (exact) mass is 896 g/mol. The van der Waals surface area contributed by atoms with E-state index in [4.69, 9.17) is 24.4 Å². The van der Waals surface area contributed by atoms with Crippen molar-refractivity contribution in [2.75, 3.05) is 0 Å². The number of fused-ring (bicyclic) bond motifs is 15. The van der Waals surface area contributed by atoms with Crippen LogP contribution in [0.2, 0.25) is 0 Å². The van der Waals surface area contributed by atoms with Crippen LogP contribution in [0.25, 0.3) is 89.2 Å². The zero-order chi connectivity index (χ0) is 45.9. The Morgan fingerprint density at radius 2 is 0.971 bits per heavy atom. The summed E-state index contributed by atoms with van der Waals surface area (Å²) in [5, 5.41) is 2.39. The van der Waals surface area contributed by atoms with E-state index in [2.05, 4.69) is 181 Å². The van der Waals surface area contributed by atoms with E-state index in [1.54, 1.807) is 0 Å². The molecule has 4 aliphatic rings. The van der Waals surface area contributed by atoms with Gasteiger partial charge in [-0.15, -0.1) is 0 Å². The molecule has 11 aromatic rings. The molecule has 0 saturated heterocycles. The molecule has 0 unspecified atom stereocenters. The Morgan fingerprint density at radius 3 is 1.71 bits per heavy atom. The molecule has 328 valence electrons. The van der Waals surface area contributed by atoms with Gasteiger partial charge in [-0.1, -0.05) is 146 Å². The lowest BCUT2D eigenvalue weighted by atomic mass is 9.70. The summed E-state index contributed by atoms with van der Waals surface area (Å²) >= 11 is 0. The normalized spacial score (nSPS) is 14.3. The van der Waals surface area contributed by atoms with E-state index < -0.39 is 5.41 Å². The van der Waals surface area contributed by atoms with Gasteiger partial charge in [0.15, 0.2) is 40.5 Å². The predicted molar refractivity (Wildman–Crippen MR) is 280 cm³/mol. The summed E-state index contributed by atoms with van der Waals surface area (Å²) in [5.41, 5.74) is 18.0. The summed E-state index contributed by atoms with van der Waals surface area (Å²) in [6.45, 7) is 0. The molecule has 2 aromatic heterocycles. The molecule has 0 amide bonds. The maximum absolute atomic E-state index is 6.62. The van der Waals surface area contributed by atoms with Gasteiger partial charge in [0.25, 0.3) is 0 Å². The van der Waals surface area contributed by atoms with Crippen LogP contribution in [-0.4, -0.2) is 19.5 Å². The highest BCUT2D eigenvalue weighted by Gasteiger charge is 2.52. The molecule has 1 spiro atoms. The van der Waals surface area contributed by atoms with Crippen molar-refractivity contribution in [3.8, 4) is 84.8 Å². The molecule has 9 aromatic carbocycles. The highest BCUT2D eigenvalue weighted by Crippen LogP contribution is 2.65. The number of aromatic nitrogens is 4. The van der Waals surface area contributed by atoms with E-state index >= 15 is 0 Å². The van der Waals surface area contributed by atoms with Gasteiger partial charge in [0.2, 0.25) is 0 Å². The van der Waals surface area contributed by atoms with Gasteiger partial charge >= 0.3 is 0 Å². The Balaban J connectivity index is 0.858. The highest BCUT2D eigenvalue weighted by molar-refractivity contribution is 6.10. The van der Waals surface area contributed by atoms with Crippen molar-refractivity contribution < 1.29 is 9.47 Å². The van der Waals surface area contributed by atoms with Gasteiger partial charge in [-0.05, 0) is 147 Å². The van der Waals surface area contributed by atoms with E-state index in [1.807, 2.05) is 42.5 Å². The third kappa shape index (κ3) is 5.65. The van der Waals surface area contributed by atoms with Gasteiger partial charge in [-0.2, -0.15) is 0 Å². The maximum atomic E-state index is 6.62. The minimum Gasteiger partial charge on any atom is -0.450 e. The van der Waals surface area contributed by atoms with Gasteiger partial charge in [0, 0.05) is 27.6 Å². The summed E-state index contributed by atoms with van der Waals surface area (Å²) < 4.78 is 15.5. The van der Waals surface area contributed by atoms with Crippen LogP contribution in [0.3, 0.4) is 0 Å². The van der Waals surface area contributed by atoms with E-state index in [-0.39, 0.29) is 0 Å². The van der Waals surface area contributed by atoms with Crippen LogP contribution in [0.1, 0.15) is 40.9 Å². The van der Waals surface area contributed by atoms with Crippen molar-refractivity contribution in [2.24, 2.45) is 0 Å². The molecule has 3 heterocycles. The quantitative estimate of drug-likeness (QED) is 0.172.